The number of fused-ring (bicyclic) bond motifs is 4. The van der Waals surface area contributed by atoms with Crippen LogP contribution in [0.3, 0.4) is 0 Å². The molecule has 9 heteroatoms. The van der Waals surface area contributed by atoms with Crippen LogP contribution in [0.4, 0.5) is 34.3 Å². The smallest absolute Gasteiger partial charge is 0.321 e. The van der Waals surface area contributed by atoms with E-state index in [9.17, 15) is 8.42 Å². The summed E-state index contributed by atoms with van der Waals surface area (Å²) < 4.78 is 42.8. The summed E-state index contributed by atoms with van der Waals surface area (Å²) in [5, 5.41) is 1.90. The van der Waals surface area contributed by atoms with Crippen LogP contribution in [0.2, 0.25) is 0 Å². The zero-order chi connectivity index (χ0) is 32.7. The van der Waals surface area contributed by atoms with Gasteiger partial charge >= 0.3 is 17.3 Å². The summed E-state index contributed by atoms with van der Waals surface area (Å²) in [5.41, 5.74) is 7.69. The number of ether oxygens (including phenoxy) is 1. The minimum Gasteiger partial charge on any atom is -0.456 e. The van der Waals surface area contributed by atoms with Crippen LogP contribution in [0.1, 0.15) is 11.1 Å². The summed E-state index contributed by atoms with van der Waals surface area (Å²) in [7, 11) is -3.85. The van der Waals surface area contributed by atoms with Crippen LogP contribution in [0.25, 0.3) is 27.6 Å². The minimum absolute atomic E-state index is 0.289. The van der Waals surface area contributed by atoms with Crippen molar-refractivity contribution in [3.05, 3.63) is 151 Å². The number of rotatable bonds is 1. The fraction of sp³-hybridized carbons (Fsp3) is 0.0244. The van der Waals surface area contributed by atoms with E-state index in [0.717, 1.165) is 73.2 Å². The third-order valence-corrected chi connectivity index (χ3v) is 13.0. The summed E-state index contributed by atoms with van der Waals surface area (Å²) in [6.07, 6.45) is 4.18. The fourth-order valence-electron chi connectivity index (χ4n) is 9.56. The van der Waals surface area contributed by atoms with Crippen molar-refractivity contribution in [1.29, 1.82) is 0 Å². The molecule has 13 rings (SSSR count). The average Bonchev–Trinajstić information content (AvgIpc) is 3.50. The number of anilines is 6. The van der Waals surface area contributed by atoms with E-state index < -0.39 is 15.5 Å². The highest BCUT2D eigenvalue weighted by Crippen LogP contribution is 2.62. The maximum absolute atomic E-state index is 14.6. The monoisotopic (exact) mass is 665 g/mol. The Kier molecular flexibility index (Phi) is 4.11. The molecule has 0 bridgehead atoms. The van der Waals surface area contributed by atoms with Gasteiger partial charge in [-0.15, -0.1) is 0 Å². The summed E-state index contributed by atoms with van der Waals surface area (Å²) in [6, 6.07) is 42.9. The van der Waals surface area contributed by atoms with Crippen molar-refractivity contribution in [3.8, 4) is 17.3 Å². The third kappa shape index (κ3) is 2.49. The molecule has 1 unspecified atom stereocenters. The van der Waals surface area contributed by atoms with Crippen molar-refractivity contribution in [1.82, 2.24) is 4.57 Å². The molecule has 8 aromatic rings. The number of pyridine rings is 2. The van der Waals surface area contributed by atoms with Crippen molar-refractivity contribution in [3.63, 3.8) is 0 Å². The Morgan fingerprint density at radius 1 is 0.520 bits per heavy atom. The highest BCUT2D eigenvalue weighted by molar-refractivity contribution is 7.92. The lowest BCUT2D eigenvalue weighted by atomic mass is 9.80. The van der Waals surface area contributed by atoms with Gasteiger partial charge in [-0.2, -0.15) is 18.6 Å². The molecule has 50 heavy (non-hydrogen) atoms. The Hall–Kier alpha value is -6.45. The highest BCUT2D eigenvalue weighted by Gasteiger charge is 2.67. The highest BCUT2D eigenvalue weighted by atomic mass is 32.2. The molecule has 0 saturated carbocycles. The molecule has 8 nitrogen and oxygen atoms in total. The topological polar surface area (TPSA) is 62.5 Å². The van der Waals surface area contributed by atoms with Crippen LogP contribution in [-0.2, 0) is 15.5 Å². The third-order valence-electron chi connectivity index (χ3n) is 11.2. The summed E-state index contributed by atoms with van der Waals surface area (Å²) in [5.74, 6) is 3.08. The van der Waals surface area contributed by atoms with Gasteiger partial charge in [-0.1, -0.05) is 42.5 Å². The second-order valence-corrected chi connectivity index (χ2v) is 15.3. The lowest BCUT2D eigenvalue weighted by Gasteiger charge is -2.46. The standard InChI is InChI=1S/C41H23N5O3S/c47-50(48)33-18-6-12-25-26-20-21-32-36-38(26)46(37(25)33)40-34(50)19-9-23-43(40)41(36)35-29(15-7-17-31(35)49-32)45-28-14-5-4-13-27(28)44(24-10-2-1-3-11-24)30-16-8-22-42(41)39(30)45/h1-23H/q+2. The number of nitrogens with zero attached hydrogens (tertiary/aromatic N) is 5. The van der Waals surface area contributed by atoms with Gasteiger partial charge < -0.3 is 4.74 Å². The molecule has 0 aliphatic carbocycles. The molecule has 5 aliphatic heterocycles. The molecule has 3 aromatic heterocycles. The van der Waals surface area contributed by atoms with Gasteiger partial charge in [0.1, 0.15) is 38.9 Å². The van der Waals surface area contributed by atoms with E-state index in [1.807, 2.05) is 36.5 Å². The first-order valence-corrected chi connectivity index (χ1v) is 18.1. The fourth-order valence-corrected chi connectivity index (χ4v) is 11.2. The average molecular weight is 666 g/mol. The SMILES string of the molecule is O=S1(=O)c2ccc[n+]3c2-n2c4c1cccc4c1ccc4c(c12)C31c2c(cccc2N2c3ccccc3N(c3ccccc3)c3ccc[n+]1c32)O4. The molecular weight excluding hydrogens is 643 g/mol. The molecule has 5 aliphatic rings. The van der Waals surface area contributed by atoms with E-state index in [-0.39, 0.29) is 4.90 Å². The van der Waals surface area contributed by atoms with Gasteiger partial charge in [0.05, 0.1) is 18.1 Å². The first-order chi connectivity index (χ1) is 24.6. The van der Waals surface area contributed by atoms with Gasteiger partial charge in [-0.25, -0.2) is 8.42 Å². The number of hydrogen-bond donors (Lipinski definition) is 0. The van der Waals surface area contributed by atoms with Gasteiger partial charge in [0.25, 0.3) is 0 Å². The van der Waals surface area contributed by atoms with Gasteiger partial charge in [0.2, 0.25) is 9.84 Å². The number of aromatic nitrogens is 3. The molecule has 5 aromatic carbocycles. The Balaban J connectivity index is 1.30. The Morgan fingerprint density at radius 2 is 1.18 bits per heavy atom. The lowest BCUT2D eigenvalue weighted by Crippen LogP contribution is -2.79. The Morgan fingerprint density at radius 3 is 2.04 bits per heavy atom. The minimum atomic E-state index is -3.85. The van der Waals surface area contributed by atoms with Crippen LogP contribution in [0.15, 0.2) is 150 Å². The van der Waals surface area contributed by atoms with E-state index in [0.29, 0.717) is 16.2 Å². The largest absolute Gasteiger partial charge is 0.456 e. The van der Waals surface area contributed by atoms with Gasteiger partial charge in [0.15, 0.2) is 21.6 Å². The molecule has 8 heterocycles. The second kappa shape index (κ2) is 8.05. The zero-order valence-corrected chi connectivity index (χ0v) is 27.0. The van der Waals surface area contributed by atoms with Crippen molar-refractivity contribution < 1.29 is 22.3 Å². The van der Waals surface area contributed by atoms with E-state index >= 15 is 0 Å². The zero-order valence-electron chi connectivity index (χ0n) is 26.1. The number of para-hydroxylation sites is 4. The Labute approximate surface area is 285 Å². The quantitative estimate of drug-likeness (QED) is 0.168. The lowest BCUT2D eigenvalue weighted by molar-refractivity contribution is -0.965. The van der Waals surface area contributed by atoms with E-state index in [2.05, 4.69) is 115 Å². The molecule has 0 amide bonds. The molecule has 1 atom stereocenters. The van der Waals surface area contributed by atoms with Crippen molar-refractivity contribution >= 4 is 65.9 Å². The van der Waals surface area contributed by atoms with Crippen LogP contribution in [0.5, 0.6) is 11.5 Å². The maximum atomic E-state index is 14.6. The number of sulfone groups is 1. The van der Waals surface area contributed by atoms with Crippen LogP contribution < -0.4 is 23.7 Å². The van der Waals surface area contributed by atoms with Crippen molar-refractivity contribution in [2.75, 3.05) is 9.80 Å². The molecule has 0 saturated heterocycles. The molecule has 1 spiro atoms. The number of benzene rings is 5. The first-order valence-electron chi connectivity index (χ1n) is 16.6. The normalized spacial score (nSPS) is 18.5. The van der Waals surface area contributed by atoms with E-state index in [4.69, 9.17) is 4.74 Å². The first kappa shape index (κ1) is 25.6. The van der Waals surface area contributed by atoms with Crippen LogP contribution in [-0.4, -0.2) is 13.0 Å². The molecule has 234 valence electrons. The predicted molar refractivity (Wildman–Crippen MR) is 188 cm³/mol. The van der Waals surface area contributed by atoms with Crippen molar-refractivity contribution in [2.24, 2.45) is 0 Å². The molecular formula is C41H23N5O3S+2. The van der Waals surface area contributed by atoms with Gasteiger partial charge in [-0.05, 0) is 84.9 Å². The summed E-state index contributed by atoms with van der Waals surface area (Å²) >= 11 is 0. The predicted octanol–water partition coefficient (Wildman–Crippen LogP) is 7.79. The van der Waals surface area contributed by atoms with Crippen LogP contribution >= 0.6 is 0 Å². The van der Waals surface area contributed by atoms with Gasteiger partial charge in [0, 0.05) is 16.5 Å². The maximum Gasteiger partial charge on any atom is 0.321 e. The molecule has 0 N–H and O–H groups in total. The molecule has 0 radical (unpaired) electrons. The van der Waals surface area contributed by atoms with E-state index in [1.165, 1.54) is 0 Å². The van der Waals surface area contributed by atoms with Gasteiger partial charge in [-0.3, -0.25) is 4.90 Å². The summed E-state index contributed by atoms with van der Waals surface area (Å²) in [6.45, 7) is 0. The Bertz CT molecular complexity index is 3060. The summed E-state index contributed by atoms with van der Waals surface area (Å²) in [4.78, 5) is 5.29. The van der Waals surface area contributed by atoms with Crippen molar-refractivity contribution in [2.45, 2.75) is 15.5 Å². The molecule has 0 fully saturated rings. The van der Waals surface area contributed by atoms with Crippen LogP contribution in [0, 0.1) is 0 Å². The number of hydrogen-bond acceptors (Lipinski definition) is 5. The van der Waals surface area contributed by atoms with E-state index in [1.54, 1.807) is 12.1 Å². The second-order valence-electron chi connectivity index (χ2n) is 13.4.